The second kappa shape index (κ2) is 13.8. The van der Waals surface area contributed by atoms with E-state index in [9.17, 15) is 0 Å². The lowest BCUT2D eigenvalue weighted by Gasteiger charge is -2.14. The van der Waals surface area contributed by atoms with Crippen LogP contribution in [0.3, 0.4) is 0 Å². The van der Waals surface area contributed by atoms with E-state index in [-0.39, 0.29) is 0 Å². The molecule has 0 saturated heterocycles. The monoisotopic (exact) mass is 743 g/mol. The van der Waals surface area contributed by atoms with Crippen LogP contribution in [-0.4, -0.2) is 15.0 Å². The van der Waals surface area contributed by atoms with Crippen molar-refractivity contribution in [2.24, 2.45) is 0 Å². The van der Waals surface area contributed by atoms with Gasteiger partial charge in [-0.05, 0) is 89.8 Å². The average Bonchev–Trinajstić information content (AvgIpc) is 3.73. The molecular formula is C53H33N3S. The van der Waals surface area contributed by atoms with Crippen molar-refractivity contribution in [3.05, 3.63) is 200 Å². The highest BCUT2D eigenvalue weighted by Gasteiger charge is 2.16. The molecule has 0 N–H and O–H groups in total. The zero-order valence-corrected chi connectivity index (χ0v) is 31.6. The molecule has 0 fully saturated rings. The van der Waals surface area contributed by atoms with Gasteiger partial charge < -0.3 is 0 Å². The maximum atomic E-state index is 5.16. The minimum absolute atomic E-state index is 0.634. The first-order valence-electron chi connectivity index (χ1n) is 19.2. The van der Waals surface area contributed by atoms with Crippen LogP contribution in [0.2, 0.25) is 0 Å². The zero-order valence-electron chi connectivity index (χ0n) is 30.8. The van der Waals surface area contributed by atoms with Crippen molar-refractivity contribution in [2.75, 3.05) is 0 Å². The molecule has 0 atom stereocenters. The van der Waals surface area contributed by atoms with Gasteiger partial charge >= 0.3 is 0 Å². The van der Waals surface area contributed by atoms with E-state index in [1.165, 1.54) is 58.4 Å². The van der Waals surface area contributed by atoms with Crippen molar-refractivity contribution in [1.29, 1.82) is 0 Å². The molecule has 2 heterocycles. The summed E-state index contributed by atoms with van der Waals surface area (Å²) in [4.78, 5) is 16.6. The summed E-state index contributed by atoms with van der Waals surface area (Å²) >= 11 is 1.80. The van der Waals surface area contributed by atoms with E-state index >= 15 is 0 Å². The number of nitrogens with zero attached hydrogens (tertiary/aromatic N) is 3. The van der Waals surface area contributed by atoms with E-state index in [1.807, 2.05) is 6.07 Å². The normalized spacial score (nSPS) is 11.5. The lowest BCUT2D eigenvalue weighted by Crippen LogP contribution is -2.00. The van der Waals surface area contributed by atoms with Crippen molar-refractivity contribution in [2.45, 2.75) is 0 Å². The minimum Gasteiger partial charge on any atom is -0.208 e. The van der Waals surface area contributed by atoms with Crippen LogP contribution in [0.25, 0.3) is 109 Å². The minimum atomic E-state index is 0.634. The van der Waals surface area contributed by atoms with Gasteiger partial charge in [-0.3, -0.25) is 0 Å². The summed E-state index contributed by atoms with van der Waals surface area (Å²) in [7, 11) is 0. The topological polar surface area (TPSA) is 38.7 Å². The molecule has 266 valence electrons. The number of thiophene rings is 1. The van der Waals surface area contributed by atoms with Crippen molar-refractivity contribution in [1.82, 2.24) is 15.0 Å². The second-order valence-electron chi connectivity index (χ2n) is 14.4. The van der Waals surface area contributed by atoms with Gasteiger partial charge in [-0.1, -0.05) is 176 Å². The first-order valence-corrected chi connectivity index (χ1v) is 20.0. The summed E-state index contributed by atoms with van der Waals surface area (Å²) in [5.41, 5.74) is 8.66. The van der Waals surface area contributed by atoms with Gasteiger partial charge in [0.2, 0.25) is 0 Å². The van der Waals surface area contributed by atoms with Crippen molar-refractivity contribution >= 4 is 53.7 Å². The molecule has 0 saturated carbocycles. The molecule has 4 heteroatoms. The van der Waals surface area contributed by atoms with Crippen molar-refractivity contribution in [3.8, 4) is 66.9 Å². The Bertz CT molecular complexity index is 3240. The third-order valence-corrected chi connectivity index (χ3v) is 12.1. The van der Waals surface area contributed by atoms with Crippen LogP contribution >= 0.6 is 11.3 Å². The number of rotatable bonds is 6. The number of hydrogen-bond acceptors (Lipinski definition) is 4. The fourth-order valence-electron chi connectivity index (χ4n) is 8.06. The number of hydrogen-bond donors (Lipinski definition) is 0. The smallest absolute Gasteiger partial charge is 0.164 e. The van der Waals surface area contributed by atoms with Crippen LogP contribution in [0.5, 0.6) is 0 Å². The van der Waals surface area contributed by atoms with Crippen molar-refractivity contribution < 1.29 is 0 Å². The van der Waals surface area contributed by atoms with Gasteiger partial charge in [0.25, 0.3) is 0 Å². The Morgan fingerprint density at radius 3 is 1.56 bits per heavy atom. The molecule has 57 heavy (non-hydrogen) atoms. The van der Waals surface area contributed by atoms with Crippen LogP contribution in [-0.2, 0) is 0 Å². The highest BCUT2D eigenvalue weighted by molar-refractivity contribution is 7.22. The van der Waals surface area contributed by atoms with E-state index < -0.39 is 0 Å². The third-order valence-electron chi connectivity index (χ3n) is 10.9. The van der Waals surface area contributed by atoms with Gasteiger partial charge in [0.1, 0.15) is 0 Å². The Balaban J connectivity index is 1.04. The van der Waals surface area contributed by atoms with Crippen LogP contribution in [0, 0.1) is 0 Å². The molecule has 0 amide bonds. The Hall–Kier alpha value is -7.27. The Morgan fingerprint density at radius 2 is 0.825 bits per heavy atom. The second-order valence-corrected chi connectivity index (χ2v) is 15.5. The summed E-state index contributed by atoms with van der Waals surface area (Å²) in [6.07, 6.45) is 0. The fraction of sp³-hybridized carbons (Fsp3) is 0. The SMILES string of the molecule is c1ccc(-c2ccc(-c3nc(-c4ccc(-c5c6ccccc6cc6c5ccc5ccccc56)cc4)nc(-c4cccc(-c5cc6ccccc6s5)c4)n3)cc2)cc1. The Labute approximate surface area is 334 Å². The molecule has 11 rings (SSSR count). The molecule has 0 aliphatic heterocycles. The fourth-order valence-corrected chi connectivity index (χ4v) is 9.12. The number of benzene rings is 9. The first kappa shape index (κ1) is 33.1. The van der Waals surface area contributed by atoms with Gasteiger partial charge in [0.05, 0.1) is 0 Å². The lowest BCUT2D eigenvalue weighted by atomic mass is 9.89. The highest BCUT2D eigenvalue weighted by atomic mass is 32.1. The van der Waals surface area contributed by atoms with Gasteiger partial charge in [0.15, 0.2) is 17.5 Å². The summed E-state index contributed by atoms with van der Waals surface area (Å²) < 4.78 is 1.27. The van der Waals surface area contributed by atoms with Crippen LogP contribution < -0.4 is 0 Å². The summed E-state index contributed by atoms with van der Waals surface area (Å²) in [6.45, 7) is 0. The van der Waals surface area contributed by atoms with E-state index in [2.05, 4.69) is 194 Å². The zero-order chi connectivity index (χ0) is 37.7. The molecule has 0 unspecified atom stereocenters. The maximum absolute atomic E-state index is 5.16. The summed E-state index contributed by atoms with van der Waals surface area (Å²) in [5.74, 6) is 1.91. The van der Waals surface area contributed by atoms with E-state index in [1.54, 1.807) is 11.3 Å². The van der Waals surface area contributed by atoms with Gasteiger partial charge in [-0.15, -0.1) is 11.3 Å². The Kier molecular flexibility index (Phi) is 8.01. The predicted octanol–water partition coefficient (Wildman–Crippen LogP) is 14.5. The molecule has 3 nitrogen and oxygen atoms in total. The summed E-state index contributed by atoms with van der Waals surface area (Å²) in [5, 5.41) is 8.71. The predicted molar refractivity (Wildman–Crippen MR) is 240 cm³/mol. The van der Waals surface area contributed by atoms with Crippen molar-refractivity contribution in [3.63, 3.8) is 0 Å². The molecule has 2 aromatic heterocycles. The average molecular weight is 744 g/mol. The van der Waals surface area contributed by atoms with Crippen LogP contribution in [0.4, 0.5) is 0 Å². The third kappa shape index (κ3) is 6.04. The molecule has 11 aromatic rings. The Morgan fingerprint density at radius 1 is 0.281 bits per heavy atom. The molecule has 0 bridgehead atoms. The summed E-state index contributed by atoms with van der Waals surface area (Å²) in [6, 6.07) is 71.2. The molecular weight excluding hydrogens is 711 g/mol. The number of fused-ring (bicyclic) bond motifs is 5. The quantitative estimate of drug-likeness (QED) is 0.126. The van der Waals surface area contributed by atoms with Crippen LogP contribution in [0.15, 0.2) is 200 Å². The number of aromatic nitrogens is 3. The van der Waals surface area contributed by atoms with E-state index in [0.717, 1.165) is 33.4 Å². The first-order chi connectivity index (χ1) is 28.2. The molecule has 0 aliphatic rings. The van der Waals surface area contributed by atoms with Crippen LogP contribution in [0.1, 0.15) is 0 Å². The van der Waals surface area contributed by atoms with E-state index in [0.29, 0.717) is 17.5 Å². The molecule has 0 radical (unpaired) electrons. The van der Waals surface area contributed by atoms with Gasteiger partial charge in [0, 0.05) is 26.3 Å². The molecule has 0 aliphatic carbocycles. The highest BCUT2D eigenvalue weighted by Crippen LogP contribution is 2.40. The largest absolute Gasteiger partial charge is 0.208 e. The standard InChI is InChI=1S/C53H33N3S/c1-2-11-34(12-3-1)35-21-25-38(26-22-35)51-54-52(56-53(55-51)43-17-10-16-41(31-43)49-33-42-15-6-9-20-48(42)57-49)39-27-23-37(24-28-39)50-45-19-8-5-14-40(45)32-47-44-18-7-4-13-36(44)29-30-46(47)50/h1-33H. The molecule has 9 aromatic carbocycles. The van der Waals surface area contributed by atoms with Gasteiger partial charge in [-0.25, -0.2) is 15.0 Å². The van der Waals surface area contributed by atoms with E-state index in [4.69, 9.17) is 15.0 Å². The molecule has 0 spiro atoms. The maximum Gasteiger partial charge on any atom is 0.164 e. The van der Waals surface area contributed by atoms with Gasteiger partial charge in [-0.2, -0.15) is 0 Å². The lowest BCUT2D eigenvalue weighted by molar-refractivity contribution is 1.07.